The fraction of sp³-hybridized carbons (Fsp3) is 0.545. The van der Waals surface area contributed by atoms with Gasteiger partial charge in [-0.15, -0.1) is 0 Å². The fourth-order valence-electron chi connectivity index (χ4n) is 1.24. The second-order valence-electron chi connectivity index (χ2n) is 4.00. The quantitative estimate of drug-likeness (QED) is 0.764. The number of nitrogens with zero attached hydrogens (tertiary/aromatic N) is 1. The number of aliphatic hydroxyl groups is 1. The molecule has 0 radical (unpaired) electrons. The molecule has 78 valence electrons. The molecule has 1 heterocycles. The van der Waals surface area contributed by atoms with Crippen LogP contribution in [0.2, 0.25) is 0 Å². The maximum Gasteiger partial charge on any atom is 0.0958 e. The lowest BCUT2D eigenvalue weighted by molar-refractivity contribution is 0.125. The van der Waals surface area contributed by atoms with E-state index in [-0.39, 0.29) is 12.0 Å². The second kappa shape index (κ2) is 4.53. The largest absolute Gasteiger partial charge is 0.387 e. The number of pyridine rings is 1. The first kappa shape index (κ1) is 11.1. The molecule has 0 aliphatic carbocycles. The van der Waals surface area contributed by atoms with Gasteiger partial charge in [0.25, 0.3) is 0 Å². The molecule has 14 heavy (non-hydrogen) atoms. The molecule has 0 amide bonds. The van der Waals surface area contributed by atoms with E-state index in [4.69, 9.17) is 5.73 Å². The molecule has 0 aliphatic rings. The number of rotatable bonds is 3. The van der Waals surface area contributed by atoms with Crippen LogP contribution in [0.4, 0.5) is 0 Å². The molecule has 0 bridgehead atoms. The molecule has 3 nitrogen and oxygen atoms in total. The van der Waals surface area contributed by atoms with E-state index < -0.39 is 6.10 Å². The van der Waals surface area contributed by atoms with Crippen LogP contribution in [-0.2, 0) is 0 Å². The molecule has 0 saturated heterocycles. The van der Waals surface area contributed by atoms with Gasteiger partial charge in [-0.25, -0.2) is 0 Å². The lowest BCUT2D eigenvalue weighted by atomic mass is 9.95. The van der Waals surface area contributed by atoms with E-state index in [2.05, 4.69) is 4.98 Å². The minimum absolute atomic E-state index is 0.237. The van der Waals surface area contributed by atoms with Crippen molar-refractivity contribution in [2.24, 2.45) is 11.7 Å². The third-order valence-electron chi connectivity index (χ3n) is 2.41. The monoisotopic (exact) mass is 194 g/mol. The maximum absolute atomic E-state index is 9.89. The van der Waals surface area contributed by atoms with Crippen molar-refractivity contribution in [1.29, 1.82) is 0 Å². The minimum atomic E-state index is -0.622. The molecule has 0 saturated carbocycles. The van der Waals surface area contributed by atoms with Crippen LogP contribution in [0.15, 0.2) is 18.3 Å². The molecule has 2 atom stereocenters. The van der Waals surface area contributed by atoms with Crippen molar-refractivity contribution in [2.45, 2.75) is 32.9 Å². The highest BCUT2D eigenvalue weighted by atomic mass is 16.3. The van der Waals surface area contributed by atoms with E-state index in [1.54, 1.807) is 6.20 Å². The van der Waals surface area contributed by atoms with Crippen LogP contribution >= 0.6 is 0 Å². The van der Waals surface area contributed by atoms with Crippen molar-refractivity contribution >= 4 is 0 Å². The molecule has 2 unspecified atom stereocenters. The van der Waals surface area contributed by atoms with Crippen molar-refractivity contribution < 1.29 is 5.11 Å². The highest BCUT2D eigenvalue weighted by Crippen LogP contribution is 2.19. The molecule has 0 fully saturated rings. The van der Waals surface area contributed by atoms with Gasteiger partial charge in [-0.1, -0.05) is 19.9 Å². The van der Waals surface area contributed by atoms with Gasteiger partial charge in [0.1, 0.15) is 0 Å². The number of nitrogens with two attached hydrogens (primary N) is 1. The average Bonchev–Trinajstić information content (AvgIpc) is 2.16. The highest BCUT2D eigenvalue weighted by Gasteiger charge is 2.19. The third kappa shape index (κ3) is 2.53. The van der Waals surface area contributed by atoms with Crippen molar-refractivity contribution in [1.82, 2.24) is 4.98 Å². The Morgan fingerprint density at radius 1 is 1.36 bits per heavy atom. The van der Waals surface area contributed by atoms with Gasteiger partial charge in [-0.2, -0.15) is 0 Å². The van der Waals surface area contributed by atoms with Crippen molar-refractivity contribution in [2.75, 3.05) is 0 Å². The molecule has 0 aromatic carbocycles. The van der Waals surface area contributed by atoms with Gasteiger partial charge in [0, 0.05) is 23.5 Å². The summed E-state index contributed by atoms with van der Waals surface area (Å²) in [5.74, 6) is 0.256. The zero-order valence-corrected chi connectivity index (χ0v) is 8.94. The Bertz CT molecular complexity index is 282. The van der Waals surface area contributed by atoms with Crippen molar-refractivity contribution in [3.8, 4) is 0 Å². The average molecular weight is 194 g/mol. The smallest absolute Gasteiger partial charge is 0.0958 e. The Morgan fingerprint density at radius 3 is 2.43 bits per heavy atom. The zero-order valence-electron chi connectivity index (χ0n) is 8.94. The molecule has 1 aromatic rings. The Balaban J connectivity index is 2.78. The van der Waals surface area contributed by atoms with Crippen LogP contribution in [0, 0.1) is 12.8 Å². The Hall–Kier alpha value is -0.930. The first-order chi connectivity index (χ1) is 6.52. The molecular weight excluding hydrogens is 176 g/mol. The zero-order chi connectivity index (χ0) is 10.7. The van der Waals surface area contributed by atoms with Gasteiger partial charge < -0.3 is 10.8 Å². The first-order valence-corrected chi connectivity index (χ1v) is 4.88. The van der Waals surface area contributed by atoms with Crippen LogP contribution in [0.25, 0.3) is 0 Å². The summed E-state index contributed by atoms with van der Waals surface area (Å²) >= 11 is 0. The molecule has 0 spiro atoms. The number of hydrogen-bond acceptors (Lipinski definition) is 3. The van der Waals surface area contributed by atoms with Crippen LogP contribution in [0.1, 0.15) is 31.2 Å². The van der Waals surface area contributed by atoms with E-state index in [1.807, 2.05) is 32.9 Å². The summed E-state index contributed by atoms with van der Waals surface area (Å²) in [6.45, 7) is 5.91. The van der Waals surface area contributed by atoms with Gasteiger partial charge in [0.05, 0.1) is 6.10 Å². The number of hydrogen-bond donors (Lipinski definition) is 2. The molecule has 1 rings (SSSR count). The highest BCUT2D eigenvalue weighted by molar-refractivity contribution is 5.17. The maximum atomic E-state index is 9.89. The summed E-state index contributed by atoms with van der Waals surface area (Å²) in [5.41, 5.74) is 7.58. The standard InChI is InChI=1S/C11H18N2O/c1-7(2)10(12)11(14)9-5-4-8(3)13-6-9/h4-7,10-11,14H,12H2,1-3H3. The van der Waals surface area contributed by atoms with Gasteiger partial charge in [0.2, 0.25) is 0 Å². The van der Waals surface area contributed by atoms with Gasteiger partial charge >= 0.3 is 0 Å². The van der Waals surface area contributed by atoms with Gasteiger partial charge in [-0.05, 0) is 18.9 Å². The van der Waals surface area contributed by atoms with Crippen LogP contribution in [-0.4, -0.2) is 16.1 Å². The predicted molar refractivity (Wildman–Crippen MR) is 56.7 cm³/mol. The molecule has 3 N–H and O–H groups in total. The second-order valence-corrected chi connectivity index (χ2v) is 4.00. The van der Waals surface area contributed by atoms with E-state index in [0.29, 0.717) is 0 Å². The Kier molecular flexibility index (Phi) is 3.61. The minimum Gasteiger partial charge on any atom is -0.387 e. The van der Waals surface area contributed by atoms with E-state index in [0.717, 1.165) is 11.3 Å². The lowest BCUT2D eigenvalue weighted by Gasteiger charge is -2.22. The van der Waals surface area contributed by atoms with E-state index in [1.165, 1.54) is 0 Å². The summed E-state index contributed by atoms with van der Waals surface area (Å²) in [6.07, 6.45) is 1.06. The molecule has 3 heteroatoms. The molecular formula is C11H18N2O. The van der Waals surface area contributed by atoms with E-state index >= 15 is 0 Å². The van der Waals surface area contributed by atoms with Crippen molar-refractivity contribution in [3.05, 3.63) is 29.6 Å². The van der Waals surface area contributed by atoms with Crippen LogP contribution in [0.3, 0.4) is 0 Å². The fourth-order valence-corrected chi connectivity index (χ4v) is 1.24. The summed E-state index contributed by atoms with van der Waals surface area (Å²) in [5, 5.41) is 9.89. The summed E-state index contributed by atoms with van der Waals surface area (Å²) in [7, 11) is 0. The number of aromatic nitrogens is 1. The Morgan fingerprint density at radius 2 is 2.00 bits per heavy atom. The molecule has 1 aromatic heterocycles. The summed E-state index contributed by atoms with van der Waals surface area (Å²) in [6, 6.07) is 3.51. The number of aryl methyl sites for hydroxylation is 1. The third-order valence-corrected chi connectivity index (χ3v) is 2.41. The Labute approximate surface area is 85.0 Å². The van der Waals surface area contributed by atoms with Crippen molar-refractivity contribution in [3.63, 3.8) is 0 Å². The lowest BCUT2D eigenvalue weighted by Crippen LogP contribution is -2.33. The SMILES string of the molecule is Cc1ccc(C(O)C(N)C(C)C)cn1. The van der Waals surface area contributed by atoms with Gasteiger partial charge in [0.15, 0.2) is 0 Å². The predicted octanol–water partition coefficient (Wildman–Crippen LogP) is 1.41. The summed E-state index contributed by atoms with van der Waals surface area (Å²) < 4.78 is 0. The topological polar surface area (TPSA) is 59.1 Å². The normalized spacial score (nSPS) is 15.6. The summed E-state index contributed by atoms with van der Waals surface area (Å²) in [4.78, 5) is 4.13. The van der Waals surface area contributed by atoms with E-state index in [9.17, 15) is 5.11 Å². The van der Waals surface area contributed by atoms with Crippen LogP contribution < -0.4 is 5.73 Å². The first-order valence-electron chi connectivity index (χ1n) is 4.88. The molecule has 0 aliphatic heterocycles. The van der Waals surface area contributed by atoms with Gasteiger partial charge in [-0.3, -0.25) is 4.98 Å². The number of aliphatic hydroxyl groups excluding tert-OH is 1. The van der Waals surface area contributed by atoms with Crippen LogP contribution in [0.5, 0.6) is 0 Å².